The Morgan fingerprint density at radius 3 is 2.75 bits per heavy atom. The minimum Gasteiger partial charge on any atom is -0.409 e. The van der Waals surface area contributed by atoms with Gasteiger partial charge in [0.2, 0.25) is 0 Å². The van der Waals surface area contributed by atoms with Crippen molar-refractivity contribution in [1.82, 2.24) is 4.98 Å². The van der Waals surface area contributed by atoms with Crippen molar-refractivity contribution in [2.75, 3.05) is 18.0 Å². The van der Waals surface area contributed by atoms with E-state index in [-0.39, 0.29) is 11.3 Å². The summed E-state index contributed by atoms with van der Waals surface area (Å²) < 4.78 is 0. The Hall–Kier alpha value is -1.78. The Labute approximate surface area is 120 Å². The first-order valence-electron chi connectivity index (χ1n) is 7.05. The summed E-state index contributed by atoms with van der Waals surface area (Å²) >= 11 is 0. The van der Waals surface area contributed by atoms with Gasteiger partial charge in [-0.2, -0.15) is 0 Å². The van der Waals surface area contributed by atoms with E-state index in [1.54, 1.807) is 0 Å². The van der Waals surface area contributed by atoms with Crippen LogP contribution in [0.2, 0.25) is 0 Å². The second kappa shape index (κ2) is 5.31. The van der Waals surface area contributed by atoms with E-state index in [1.165, 1.54) is 6.42 Å². The molecule has 5 nitrogen and oxygen atoms in total. The molecule has 0 amide bonds. The van der Waals surface area contributed by atoms with Gasteiger partial charge in [-0.1, -0.05) is 19.0 Å². The largest absolute Gasteiger partial charge is 0.409 e. The van der Waals surface area contributed by atoms with Crippen LogP contribution in [-0.4, -0.2) is 29.1 Å². The van der Waals surface area contributed by atoms with Gasteiger partial charge >= 0.3 is 0 Å². The lowest BCUT2D eigenvalue weighted by molar-refractivity contribution is 0.293. The number of nitrogens with zero attached hydrogens (tertiary/aromatic N) is 3. The molecule has 1 aromatic heterocycles. The van der Waals surface area contributed by atoms with E-state index in [9.17, 15) is 0 Å². The third-order valence-electron chi connectivity index (χ3n) is 3.91. The smallest absolute Gasteiger partial charge is 0.174 e. The maximum atomic E-state index is 9.02. The highest BCUT2D eigenvalue weighted by molar-refractivity contribution is 6.03. The quantitative estimate of drug-likeness (QED) is 0.376. The molecule has 110 valence electrons. The number of rotatable bonds is 2. The van der Waals surface area contributed by atoms with Crippen LogP contribution in [0.4, 0.5) is 5.69 Å². The molecule has 0 bridgehead atoms. The molecule has 1 aliphatic heterocycles. The highest BCUT2D eigenvalue weighted by atomic mass is 16.4. The van der Waals surface area contributed by atoms with Gasteiger partial charge in [-0.3, -0.25) is 4.98 Å². The Morgan fingerprint density at radius 1 is 1.45 bits per heavy atom. The van der Waals surface area contributed by atoms with Crippen LogP contribution in [0.1, 0.15) is 43.6 Å². The van der Waals surface area contributed by atoms with E-state index < -0.39 is 0 Å². The van der Waals surface area contributed by atoms with Crippen LogP contribution < -0.4 is 10.6 Å². The second-order valence-electron chi connectivity index (χ2n) is 6.42. The standard InChI is InChI=1S/C15H24N4O/c1-10-8-12(13(11(2)17-10)14(16)18-20)19-7-5-6-15(3,4)9-19/h8,20H,5-7,9H2,1-4H3,(H2,16,18). The lowest BCUT2D eigenvalue weighted by Crippen LogP contribution is -2.41. The summed E-state index contributed by atoms with van der Waals surface area (Å²) in [7, 11) is 0. The van der Waals surface area contributed by atoms with Gasteiger partial charge in [0.05, 0.1) is 16.9 Å². The number of anilines is 1. The van der Waals surface area contributed by atoms with Crippen molar-refractivity contribution in [1.29, 1.82) is 0 Å². The normalized spacial score (nSPS) is 19.2. The van der Waals surface area contributed by atoms with Crippen LogP contribution in [0.15, 0.2) is 11.2 Å². The minimum absolute atomic E-state index is 0.133. The molecule has 3 N–H and O–H groups in total. The fraction of sp³-hybridized carbons (Fsp3) is 0.600. The summed E-state index contributed by atoms with van der Waals surface area (Å²) in [5, 5.41) is 12.2. The Morgan fingerprint density at radius 2 is 2.15 bits per heavy atom. The highest BCUT2D eigenvalue weighted by Crippen LogP contribution is 2.34. The van der Waals surface area contributed by atoms with Gasteiger partial charge in [-0.05, 0) is 38.2 Å². The summed E-state index contributed by atoms with van der Waals surface area (Å²) in [5.74, 6) is 0.133. The molecule has 5 heteroatoms. The third kappa shape index (κ3) is 2.86. The molecule has 2 rings (SSSR count). The minimum atomic E-state index is 0.133. The van der Waals surface area contributed by atoms with Crippen molar-refractivity contribution in [3.8, 4) is 0 Å². The summed E-state index contributed by atoms with van der Waals surface area (Å²) in [5.41, 5.74) is 9.67. The molecule has 1 saturated heterocycles. The monoisotopic (exact) mass is 276 g/mol. The van der Waals surface area contributed by atoms with Crippen LogP contribution in [0.3, 0.4) is 0 Å². The van der Waals surface area contributed by atoms with Crippen molar-refractivity contribution in [2.24, 2.45) is 16.3 Å². The van der Waals surface area contributed by atoms with Gasteiger partial charge < -0.3 is 15.8 Å². The maximum Gasteiger partial charge on any atom is 0.174 e. The topological polar surface area (TPSA) is 74.7 Å². The van der Waals surface area contributed by atoms with Crippen molar-refractivity contribution >= 4 is 11.5 Å². The molecule has 0 spiro atoms. The SMILES string of the molecule is Cc1cc(N2CCCC(C)(C)C2)c(/C(N)=N/O)c(C)n1. The van der Waals surface area contributed by atoms with E-state index in [4.69, 9.17) is 10.9 Å². The number of oxime groups is 1. The van der Waals surface area contributed by atoms with E-state index in [2.05, 4.69) is 28.9 Å². The molecular weight excluding hydrogens is 252 g/mol. The number of pyridine rings is 1. The number of amidine groups is 1. The lowest BCUT2D eigenvalue weighted by atomic mass is 9.83. The maximum absolute atomic E-state index is 9.02. The molecule has 0 unspecified atom stereocenters. The number of hydrogen-bond donors (Lipinski definition) is 2. The predicted octanol–water partition coefficient (Wildman–Crippen LogP) is 2.42. The molecule has 20 heavy (non-hydrogen) atoms. The van der Waals surface area contributed by atoms with Gasteiger partial charge in [-0.15, -0.1) is 0 Å². The highest BCUT2D eigenvalue weighted by Gasteiger charge is 2.28. The van der Waals surface area contributed by atoms with Crippen LogP contribution >= 0.6 is 0 Å². The third-order valence-corrected chi connectivity index (χ3v) is 3.91. The van der Waals surface area contributed by atoms with Gasteiger partial charge in [0.25, 0.3) is 0 Å². The van der Waals surface area contributed by atoms with E-state index in [0.29, 0.717) is 0 Å². The van der Waals surface area contributed by atoms with Crippen molar-refractivity contribution < 1.29 is 5.21 Å². The average Bonchev–Trinajstić information content (AvgIpc) is 2.35. The summed E-state index contributed by atoms with van der Waals surface area (Å²) in [6.07, 6.45) is 2.38. The van der Waals surface area contributed by atoms with Crippen LogP contribution in [0.5, 0.6) is 0 Å². The Bertz CT molecular complexity index is 537. The molecule has 0 aromatic carbocycles. The Kier molecular flexibility index (Phi) is 3.88. The molecule has 1 fully saturated rings. The fourth-order valence-corrected chi connectivity index (χ4v) is 3.05. The number of aryl methyl sites for hydroxylation is 2. The average molecular weight is 276 g/mol. The molecule has 2 heterocycles. The first-order valence-corrected chi connectivity index (χ1v) is 7.05. The van der Waals surface area contributed by atoms with Crippen LogP contribution in [0, 0.1) is 19.3 Å². The molecular formula is C15H24N4O. The fourth-order valence-electron chi connectivity index (χ4n) is 3.05. The number of piperidine rings is 1. The predicted molar refractivity (Wildman–Crippen MR) is 81.4 cm³/mol. The first kappa shape index (κ1) is 14.6. The van der Waals surface area contributed by atoms with Crippen LogP contribution in [0.25, 0.3) is 0 Å². The number of hydrogen-bond acceptors (Lipinski definition) is 4. The first-order chi connectivity index (χ1) is 9.34. The van der Waals surface area contributed by atoms with Crippen molar-refractivity contribution in [3.63, 3.8) is 0 Å². The molecule has 0 saturated carbocycles. The van der Waals surface area contributed by atoms with Gasteiger partial charge in [0.15, 0.2) is 5.84 Å². The molecule has 0 radical (unpaired) electrons. The van der Waals surface area contributed by atoms with E-state index in [1.807, 2.05) is 19.9 Å². The second-order valence-corrected chi connectivity index (χ2v) is 6.42. The van der Waals surface area contributed by atoms with E-state index in [0.717, 1.165) is 42.1 Å². The van der Waals surface area contributed by atoms with Gasteiger partial charge in [0.1, 0.15) is 0 Å². The van der Waals surface area contributed by atoms with Crippen LogP contribution in [-0.2, 0) is 0 Å². The van der Waals surface area contributed by atoms with Gasteiger partial charge in [-0.25, -0.2) is 0 Å². The number of aromatic nitrogens is 1. The molecule has 1 aliphatic rings. The zero-order valence-electron chi connectivity index (χ0n) is 12.8. The summed E-state index contributed by atoms with van der Waals surface area (Å²) in [6.45, 7) is 10.4. The van der Waals surface area contributed by atoms with Crippen molar-refractivity contribution in [2.45, 2.75) is 40.5 Å². The molecule has 0 atom stereocenters. The molecule has 1 aromatic rings. The van der Waals surface area contributed by atoms with Gasteiger partial charge in [0, 0.05) is 18.8 Å². The van der Waals surface area contributed by atoms with E-state index >= 15 is 0 Å². The zero-order valence-corrected chi connectivity index (χ0v) is 12.8. The van der Waals surface area contributed by atoms with Crippen molar-refractivity contribution in [3.05, 3.63) is 23.0 Å². The molecule has 0 aliphatic carbocycles. The zero-order chi connectivity index (χ0) is 14.9. The lowest BCUT2D eigenvalue weighted by Gasteiger charge is -2.40. The Balaban J connectivity index is 2.49. The summed E-state index contributed by atoms with van der Waals surface area (Å²) in [4.78, 5) is 6.77. The summed E-state index contributed by atoms with van der Waals surface area (Å²) in [6, 6.07) is 2.03. The number of nitrogens with two attached hydrogens (primary N) is 1.